The molecule has 1 aliphatic heterocycles. The molecule has 0 bridgehead atoms. The molecule has 6 nitrogen and oxygen atoms in total. The zero-order valence-electron chi connectivity index (χ0n) is 15.9. The molecule has 1 saturated heterocycles. The number of amides is 1. The summed E-state index contributed by atoms with van der Waals surface area (Å²) in [4.78, 5) is 23.3. The van der Waals surface area contributed by atoms with E-state index in [1.165, 1.54) is 11.5 Å². The third-order valence-corrected chi connectivity index (χ3v) is 5.15. The molecule has 26 heavy (non-hydrogen) atoms. The fourth-order valence-electron chi connectivity index (χ4n) is 3.61. The van der Waals surface area contributed by atoms with Gasteiger partial charge in [-0.2, -0.15) is 0 Å². The number of ether oxygens (including phenoxy) is 1. The number of aromatic nitrogens is 3. The van der Waals surface area contributed by atoms with E-state index < -0.39 is 0 Å². The minimum atomic E-state index is 0.0573. The molecule has 140 valence electrons. The van der Waals surface area contributed by atoms with E-state index >= 15 is 0 Å². The molecule has 3 rings (SSSR count). The summed E-state index contributed by atoms with van der Waals surface area (Å²) in [6.45, 7) is 6.94. The zero-order chi connectivity index (χ0) is 18.5. The molecule has 0 aliphatic carbocycles. The fraction of sp³-hybridized carbons (Fsp3) is 0.550. The van der Waals surface area contributed by atoms with Crippen LogP contribution in [0.15, 0.2) is 24.5 Å². The second-order valence-corrected chi connectivity index (χ2v) is 7.00. The average Bonchev–Trinajstić information content (AvgIpc) is 3.02. The van der Waals surface area contributed by atoms with Gasteiger partial charge in [0, 0.05) is 50.2 Å². The lowest BCUT2D eigenvalue weighted by Crippen LogP contribution is -2.39. The van der Waals surface area contributed by atoms with E-state index in [4.69, 9.17) is 4.74 Å². The van der Waals surface area contributed by atoms with Crippen molar-refractivity contribution in [3.8, 4) is 5.88 Å². The largest absolute Gasteiger partial charge is 0.481 e. The van der Waals surface area contributed by atoms with Crippen molar-refractivity contribution in [3.05, 3.63) is 41.6 Å². The zero-order valence-corrected chi connectivity index (χ0v) is 15.9. The summed E-state index contributed by atoms with van der Waals surface area (Å²) < 4.78 is 7.38. The lowest BCUT2D eigenvalue weighted by atomic mass is 9.93. The number of carbonyl (C=O) groups excluding carboxylic acids is 1. The van der Waals surface area contributed by atoms with Gasteiger partial charge in [-0.3, -0.25) is 4.79 Å². The van der Waals surface area contributed by atoms with Gasteiger partial charge in [-0.1, -0.05) is 6.92 Å². The first-order valence-electron chi connectivity index (χ1n) is 9.42. The molecule has 2 aromatic heterocycles. The molecule has 1 amide bonds. The minimum absolute atomic E-state index is 0.0573. The Labute approximate surface area is 155 Å². The minimum Gasteiger partial charge on any atom is -0.481 e. The molecule has 2 aromatic rings. The second-order valence-electron chi connectivity index (χ2n) is 7.00. The van der Waals surface area contributed by atoms with Crippen LogP contribution in [0.25, 0.3) is 0 Å². The van der Waals surface area contributed by atoms with Crippen LogP contribution in [0.3, 0.4) is 0 Å². The highest BCUT2D eigenvalue weighted by atomic mass is 16.5. The summed E-state index contributed by atoms with van der Waals surface area (Å²) in [5.74, 6) is 2.36. The van der Waals surface area contributed by atoms with Gasteiger partial charge in [0.05, 0.1) is 12.7 Å². The highest BCUT2D eigenvalue weighted by Crippen LogP contribution is 2.23. The summed E-state index contributed by atoms with van der Waals surface area (Å²) in [5.41, 5.74) is 1.86. The van der Waals surface area contributed by atoms with Crippen LogP contribution in [0, 0.1) is 12.8 Å². The molecule has 0 aromatic carbocycles. The molecule has 0 unspecified atom stereocenters. The van der Waals surface area contributed by atoms with Gasteiger partial charge in [-0.25, -0.2) is 9.97 Å². The maximum absolute atomic E-state index is 12.6. The molecule has 3 heterocycles. The van der Waals surface area contributed by atoms with Gasteiger partial charge in [0.1, 0.15) is 5.82 Å². The monoisotopic (exact) mass is 356 g/mol. The van der Waals surface area contributed by atoms with Gasteiger partial charge in [-0.05, 0) is 38.2 Å². The lowest BCUT2D eigenvalue weighted by Gasteiger charge is -2.32. The number of piperidine rings is 1. The van der Waals surface area contributed by atoms with Gasteiger partial charge in [0.2, 0.25) is 5.88 Å². The SMILES string of the molecule is CCCn1c(C)cnc1CC1CCN(C(=O)c2ccc(OC)nc2)CC1. The predicted molar refractivity (Wildman–Crippen MR) is 100 cm³/mol. The van der Waals surface area contributed by atoms with Crippen LogP contribution in [0.2, 0.25) is 0 Å². The number of pyridine rings is 1. The van der Waals surface area contributed by atoms with E-state index in [-0.39, 0.29) is 5.91 Å². The Morgan fingerprint density at radius 1 is 1.23 bits per heavy atom. The number of imidazole rings is 1. The van der Waals surface area contributed by atoms with Crippen molar-refractivity contribution < 1.29 is 9.53 Å². The topological polar surface area (TPSA) is 60.2 Å². The molecule has 0 atom stereocenters. The van der Waals surface area contributed by atoms with Crippen LogP contribution in [0.4, 0.5) is 0 Å². The number of hydrogen-bond donors (Lipinski definition) is 0. The standard InChI is InChI=1S/C20H28N4O2/c1-4-9-24-15(2)13-21-18(24)12-16-7-10-23(11-8-16)20(25)17-5-6-19(26-3)22-14-17/h5-6,13-14,16H,4,7-12H2,1-3H3. The van der Waals surface area contributed by atoms with Gasteiger partial charge >= 0.3 is 0 Å². The first-order valence-corrected chi connectivity index (χ1v) is 9.42. The highest BCUT2D eigenvalue weighted by molar-refractivity contribution is 5.94. The van der Waals surface area contributed by atoms with E-state index in [0.717, 1.165) is 45.3 Å². The van der Waals surface area contributed by atoms with Crippen LogP contribution in [-0.4, -0.2) is 45.5 Å². The van der Waals surface area contributed by atoms with Crippen LogP contribution < -0.4 is 4.74 Å². The van der Waals surface area contributed by atoms with Gasteiger partial charge in [0.25, 0.3) is 5.91 Å². The van der Waals surface area contributed by atoms with Gasteiger partial charge in [-0.15, -0.1) is 0 Å². The smallest absolute Gasteiger partial charge is 0.255 e. The van der Waals surface area contributed by atoms with Crippen molar-refractivity contribution in [2.24, 2.45) is 5.92 Å². The Kier molecular flexibility index (Phi) is 5.91. The van der Waals surface area contributed by atoms with Crippen molar-refractivity contribution in [2.75, 3.05) is 20.2 Å². The normalized spacial score (nSPS) is 15.3. The van der Waals surface area contributed by atoms with E-state index in [1.807, 2.05) is 11.1 Å². The first kappa shape index (κ1) is 18.4. The summed E-state index contributed by atoms with van der Waals surface area (Å²) in [5, 5.41) is 0. The summed E-state index contributed by atoms with van der Waals surface area (Å²) in [6.07, 6.45) is 7.73. The molecule has 0 radical (unpaired) electrons. The lowest BCUT2D eigenvalue weighted by molar-refractivity contribution is 0.0689. The number of rotatable bonds is 6. The molecular weight excluding hydrogens is 328 g/mol. The molecule has 0 spiro atoms. The third-order valence-electron chi connectivity index (χ3n) is 5.15. The maximum Gasteiger partial charge on any atom is 0.255 e. The predicted octanol–water partition coefficient (Wildman–Crippen LogP) is 3.10. The van der Waals surface area contributed by atoms with E-state index in [0.29, 0.717) is 17.4 Å². The number of methoxy groups -OCH3 is 1. The Bertz CT molecular complexity index is 731. The van der Waals surface area contributed by atoms with E-state index in [2.05, 4.69) is 28.4 Å². The average molecular weight is 356 g/mol. The Hall–Kier alpha value is -2.37. The second kappa shape index (κ2) is 8.34. The van der Waals surface area contributed by atoms with Crippen molar-refractivity contribution in [3.63, 3.8) is 0 Å². The van der Waals surface area contributed by atoms with Crippen LogP contribution in [-0.2, 0) is 13.0 Å². The van der Waals surface area contributed by atoms with Crippen LogP contribution in [0.1, 0.15) is 48.1 Å². The number of aryl methyl sites for hydroxylation is 1. The van der Waals surface area contributed by atoms with Crippen molar-refractivity contribution in [1.29, 1.82) is 0 Å². The molecule has 1 fully saturated rings. The third kappa shape index (κ3) is 4.06. The highest BCUT2D eigenvalue weighted by Gasteiger charge is 2.25. The summed E-state index contributed by atoms with van der Waals surface area (Å²) >= 11 is 0. The van der Waals surface area contributed by atoms with Crippen LogP contribution in [0.5, 0.6) is 5.88 Å². The Balaban J connectivity index is 1.56. The Morgan fingerprint density at radius 2 is 2.00 bits per heavy atom. The van der Waals surface area contributed by atoms with Crippen molar-refractivity contribution >= 4 is 5.91 Å². The molecule has 0 N–H and O–H groups in total. The number of likely N-dealkylation sites (tertiary alicyclic amines) is 1. The van der Waals surface area contributed by atoms with Gasteiger partial charge in [0.15, 0.2) is 0 Å². The molecular formula is C20H28N4O2. The van der Waals surface area contributed by atoms with Crippen molar-refractivity contribution in [1.82, 2.24) is 19.4 Å². The first-order chi connectivity index (χ1) is 12.6. The van der Waals surface area contributed by atoms with E-state index in [1.54, 1.807) is 25.4 Å². The number of carbonyl (C=O) groups is 1. The molecule has 6 heteroatoms. The summed E-state index contributed by atoms with van der Waals surface area (Å²) in [6, 6.07) is 3.51. The van der Waals surface area contributed by atoms with Crippen LogP contribution >= 0.6 is 0 Å². The fourth-order valence-corrected chi connectivity index (χ4v) is 3.61. The molecule has 0 saturated carbocycles. The van der Waals surface area contributed by atoms with Crippen molar-refractivity contribution in [2.45, 2.75) is 46.1 Å². The number of nitrogens with zero attached hydrogens (tertiary/aromatic N) is 4. The van der Waals surface area contributed by atoms with Gasteiger partial charge < -0.3 is 14.2 Å². The number of hydrogen-bond acceptors (Lipinski definition) is 4. The molecule has 1 aliphatic rings. The Morgan fingerprint density at radius 3 is 2.62 bits per heavy atom. The maximum atomic E-state index is 12.6. The van der Waals surface area contributed by atoms with E-state index in [9.17, 15) is 4.79 Å². The quantitative estimate of drug-likeness (QED) is 0.798. The summed E-state index contributed by atoms with van der Waals surface area (Å²) in [7, 11) is 1.57.